The van der Waals surface area contributed by atoms with Gasteiger partial charge in [0.2, 0.25) is 5.91 Å². The van der Waals surface area contributed by atoms with Gasteiger partial charge in [-0.25, -0.2) is 8.42 Å². The number of sulfone groups is 1. The van der Waals surface area contributed by atoms with Gasteiger partial charge in [0.25, 0.3) is 0 Å². The number of para-hydroxylation sites is 1. The monoisotopic (exact) mass is 361 g/mol. The van der Waals surface area contributed by atoms with Gasteiger partial charge in [0.05, 0.1) is 12.9 Å². The summed E-state index contributed by atoms with van der Waals surface area (Å²) in [7, 11) is -2.07. The van der Waals surface area contributed by atoms with E-state index in [-0.39, 0.29) is 11.8 Å². The molecule has 25 heavy (non-hydrogen) atoms. The Morgan fingerprint density at radius 3 is 2.36 bits per heavy atom. The van der Waals surface area contributed by atoms with E-state index in [2.05, 4.69) is 0 Å². The van der Waals surface area contributed by atoms with Crippen molar-refractivity contribution in [1.29, 1.82) is 0 Å². The number of amides is 1. The highest BCUT2D eigenvalue weighted by molar-refractivity contribution is 7.91. The lowest BCUT2D eigenvalue weighted by Crippen LogP contribution is -2.40. The summed E-state index contributed by atoms with van der Waals surface area (Å²) in [6.45, 7) is 3.72. The van der Waals surface area contributed by atoms with Gasteiger partial charge in [0.15, 0.2) is 9.84 Å². The maximum Gasteiger partial charge on any atom is 0.242 e. The normalized spacial score (nSPS) is 11.4. The molecule has 0 fully saturated rings. The van der Waals surface area contributed by atoms with Crippen molar-refractivity contribution in [2.24, 2.45) is 0 Å². The molecule has 0 saturated carbocycles. The summed E-state index contributed by atoms with van der Waals surface area (Å²) >= 11 is 0. The van der Waals surface area contributed by atoms with Crippen LogP contribution in [0.3, 0.4) is 0 Å². The second kappa shape index (κ2) is 8.16. The number of carbonyl (C=O) groups is 1. The van der Waals surface area contributed by atoms with E-state index >= 15 is 0 Å². The molecule has 0 atom stereocenters. The maximum absolute atomic E-state index is 12.6. The summed E-state index contributed by atoms with van der Waals surface area (Å²) in [5.41, 5.74) is 1.29. The standard InChI is InChI=1S/C19H23NO4S/c1-15(2)20(17-9-5-4-6-10-17)19(21)14-25(22,23)13-16-8-7-11-18(12-16)24-3/h4-12,15H,13-14H2,1-3H3. The maximum atomic E-state index is 12.6. The number of nitrogens with zero attached hydrogens (tertiary/aromatic N) is 1. The zero-order chi connectivity index (χ0) is 18.4. The predicted octanol–water partition coefficient (Wildman–Crippen LogP) is 3.05. The molecule has 0 unspecified atom stereocenters. The number of benzene rings is 2. The fraction of sp³-hybridized carbons (Fsp3) is 0.316. The number of carbonyl (C=O) groups excluding carboxylic acids is 1. The van der Waals surface area contributed by atoms with Crippen molar-refractivity contribution in [2.45, 2.75) is 25.6 Å². The lowest BCUT2D eigenvalue weighted by Gasteiger charge is -2.26. The van der Waals surface area contributed by atoms with Gasteiger partial charge in [-0.2, -0.15) is 0 Å². The van der Waals surface area contributed by atoms with Gasteiger partial charge >= 0.3 is 0 Å². The summed E-state index contributed by atoms with van der Waals surface area (Å²) < 4.78 is 30.1. The van der Waals surface area contributed by atoms with Gasteiger partial charge in [-0.3, -0.25) is 4.79 Å². The van der Waals surface area contributed by atoms with Crippen LogP contribution in [0, 0.1) is 0 Å². The summed E-state index contributed by atoms with van der Waals surface area (Å²) in [5, 5.41) is 0. The molecular formula is C19H23NO4S. The van der Waals surface area contributed by atoms with Gasteiger partial charge in [-0.15, -0.1) is 0 Å². The molecule has 0 radical (unpaired) electrons. The molecule has 0 bridgehead atoms. The third kappa shape index (κ3) is 5.32. The van der Waals surface area contributed by atoms with Crippen LogP contribution in [0.25, 0.3) is 0 Å². The quantitative estimate of drug-likeness (QED) is 0.760. The van der Waals surface area contributed by atoms with E-state index < -0.39 is 21.5 Å². The van der Waals surface area contributed by atoms with E-state index in [0.29, 0.717) is 17.0 Å². The molecule has 0 N–H and O–H groups in total. The van der Waals surface area contributed by atoms with E-state index in [9.17, 15) is 13.2 Å². The van der Waals surface area contributed by atoms with Crippen molar-refractivity contribution in [1.82, 2.24) is 0 Å². The van der Waals surface area contributed by atoms with E-state index in [1.54, 1.807) is 36.4 Å². The largest absolute Gasteiger partial charge is 0.497 e. The molecule has 0 aliphatic carbocycles. The third-order valence-electron chi connectivity index (χ3n) is 3.68. The van der Waals surface area contributed by atoms with Gasteiger partial charge < -0.3 is 9.64 Å². The second-order valence-electron chi connectivity index (χ2n) is 6.08. The zero-order valence-corrected chi connectivity index (χ0v) is 15.5. The minimum Gasteiger partial charge on any atom is -0.497 e. The summed E-state index contributed by atoms with van der Waals surface area (Å²) in [4.78, 5) is 14.2. The van der Waals surface area contributed by atoms with Gasteiger partial charge in [0, 0.05) is 11.7 Å². The zero-order valence-electron chi connectivity index (χ0n) is 14.7. The molecule has 6 heteroatoms. The molecule has 0 saturated heterocycles. The summed E-state index contributed by atoms with van der Waals surface area (Å²) in [6, 6.07) is 15.8. The van der Waals surface area contributed by atoms with Crippen LogP contribution >= 0.6 is 0 Å². The van der Waals surface area contributed by atoms with Crippen molar-refractivity contribution in [2.75, 3.05) is 17.8 Å². The van der Waals surface area contributed by atoms with Crippen LogP contribution in [0.5, 0.6) is 5.75 Å². The Morgan fingerprint density at radius 1 is 1.08 bits per heavy atom. The molecule has 2 aromatic carbocycles. The molecule has 0 aliphatic rings. The Hall–Kier alpha value is -2.34. The highest BCUT2D eigenvalue weighted by Gasteiger charge is 2.25. The molecule has 2 rings (SSSR count). The molecule has 0 aliphatic heterocycles. The van der Waals surface area contributed by atoms with Gasteiger partial charge in [-0.05, 0) is 43.7 Å². The van der Waals surface area contributed by atoms with Crippen molar-refractivity contribution >= 4 is 21.4 Å². The number of anilines is 1. The first-order valence-corrected chi connectivity index (χ1v) is 9.85. The number of ether oxygens (including phenoxy) is 1. The smallest absolute Gasteiger partial charge is 0.242 e. The van der Waals surface area contributed by atoms with Crippen LogP contribution in [0.15, 0.2) is 54.6 Å². The van der Waals surface area contributed by atoms with E-state index in [0.717, 1.165) is 0 Å². The third-order valence-corrected chi connectivity index (χ3v) is 5.14. The first-order chi connectivity index (χ1) is 11.8. The topological polar surface area (TPSA) is 63.7 Å². The Kier molecular flexibility index (Phi) is 6.20. The van der Waals surface area contributed by atoms with E-state index in [1.165, 1.54) is 12.0 Å². The lowest BCUT2D eigenvalue weighted by molar-refractivity contribution is -0.116. The van der Waals surface area contributed by atoms with Crippen molar-refractivity contribution in [3.05, 3.63) is 60.2 Å². The van der Waals surface area contributed by atoms with Gasteiger partial charge in [0.1, 0.15) is 11.5 Å². The average Bonchev–Trinajstić information content (AvgIpc) is 2.54. The number of methoxy groups -OCH3 is 1. The highest BCUT2D eigenvalue weighted by atomic mass is 32.2. The van der Waals surface area contributed by atoms with Crippen molar-refractivity contribution in [3.8, 4) is 5.75 Å². The van der Waals surface area contributed by atoms with Crippen LogP contribution in [-0.4, -0.2) is 33.2 Å². The molecule has 0 heterocycles. The average molecular weight is 361 g/mol. The summed E-state index contributed by atoms with van der Waals surface area (Å²) in [5.74, 6) is -0.565. The van der Waals surface area contributed by atoms with E-state index in [1.807, 2.05) is 32.0 Å². The van der Waals surface area contributed by atoms with Crippen molar-refractivity contribution < 1.29 is 17.9 Å². The molecule has 0 spiro atoms. The number of rotatable bonds is 7. The molecule has 2 aromatic rings. The molecular weight excluding hydrogens is 338 g/mol. The second-order valence-corrected chi connectivity index (χ2v) is 8.14. The number of hydrogen-bond donors (Lipinski definition) is 0. The van der Waals surface area contributed by atoms with Crippen LogP contribution in [-0.2, 0) is 20.4 Å². The minimum atomic E-state index is -3.59. The van der Waals surface area contributed by atoms with Gasteiger partial charge in [-0.1, -0.05) is 30.3 Å². The van der Waals surface area contributed by atoms with E-state index in [4.69, 9.17) is 4.74 Å². The lowest BCUT2D eigenvalue weighted by atomic mass is 10.2. The SMILES string of the molecule is COc1cccc(CS(=O)(=O)CC(=O)N(c2ccccc2)C(C)C)c1. The minimum absolute atomic E-state index is 0.137. The Balaban J connectivity index is 2.16. The molecule has 0 aromatic heterocycles. The van der Waals surface area contributed by atoms with Crippen molar-refractivity contribution in [3.63, 3.8) is 0 Å². The number of hydrogen-bond acceptors (Lipinski definition) is 4. The van der Waals surface area contributed by atoms with Crippen LogP contribution < -0.4 is 9.64 Å². The first kappa shape index (κ1) is 19.0. The highest BCUT2D eigenvalue weighted by Crippen LogP contribution is 2.19. The van der Waals surface area contributed by atoms with Crippen LogP contribution in [0.1, 0.15) is 19.4 Å². The Bertz CT molecular complexity index is 816. The first-order valence-electron chi connectivity index (χ1n) is 8.03. The summed E-state index contributed by atoms with van der Waals surface area (Å²) in [6.07, 6.45) is 0. The molecule has 134 valence electrons. The fourth-order valence-electron chi connectivity index (χ4n) is 2.64. The van der Waals surface area contributed by atoms with Crippen LogP contribution in [0.2, 0.25) is 0 Å². The van der Waals surface area contributed by atoms with Crippen LogP contribution in [0.4, 0.5) is 5.69 Å². The predicted molar refractivity (Wildman–Crippen MR) is 99.5 cm³/mol. The molecule has 5 nitrogen and oxygen atoms in total. The fourth-order valence-corrected chi connectivity index (χ4v) is 3.95. The Morgan fingerprint density at radius 2 is 1.76 bits per heavy atom. The molecule has 1 amide bonds. The Labute approximate surface area is 149 Å².